The molecule has 1 aromatic carbocycles. The van der Waals surface area contributed by atoms with E-state index in [4.69, 9.17) is 5.73 Å². The first kappa shape index (κ1) is 15.5. The van der Waals surface area contributed by atoms with Crippen LogP contribution in [0.25, 0.3) is 0 Å². The summed E-state index contributed by atoms with van der Waals surface area (Å²) < 4.78 is 0. The van der Waals surface area contributed by atoms with Crippen molar-refractivity contribution in [1.82, 2.24) is 4.90 Å². The van der Waals surface area contributed by atoms with E-state index in [0.29, 0.717) is 25.4 Å². The van der Waals surface area contributed by atoms with E-state index in [1.165, 1.54) is 5.56 Å². The van der Waals surface area contributed by atoms with Crippen LogP contribution in [0, 0.1) is 5.92 Å². The van der Waals surface area contributed by atoms with Crippen LogP contribution in [-0.4, -0.2) is 35.1 Å². The fourth-order valence-corrected chi connectivity index (χ4v) is 4.11. The van der Waals surface area contributed by atoms with Crippen LogP contribution in [0.4, 0.5) is 0 Å². The van der Waals surface area contributed by atoms with Gasteiger partial charge in [-0.15, -0.1) is 0 Å². The van der Waals surface area contributed by atoms with Crippen LogP contribution in [0.3, 0.4) is 0 Å². The van der Waals surface area contributed by atoms with Gasteiger partial charge in [-0.25, -0.2) is 0 Å². The molecule has 0 unspecified atom stereocenters. The highest BCUT2D eigenvalue weighted by molar-refractivity contribution is 5.76. The summed E-state index contributed by atoms with van der Waals surface area (Å²) in [5.74, 6) is 0.615. The summed E-state index contributed by atoms with van der Waals surface area (Å²) in [6.45, 7) is 5.56. The van der Waals surface area contributed by atoms with Gasteiger partial charge in [0.2, 0.25) is 5.91 Å². The lowest BCUT2D eigenvalue weighted by molar-refractivity contribution is -0.134. The maximum atomic E-state index is 12.2. The maximum absolute atomic E-state index is 12.2. The standard InChI is InChI=1S/C18H26N2O2/c1-12(2)11-15(21)20-9-7-18(8-10-20)14-6-4-3-5-13(14)16(19)17(18)22/h3-6,12,16-17,22H,7-11,19H2,1-2H3/t16-,17+/m1/s1. The average molecular weight is 302 g/mol. The summed E-state index contributed by atoms with van der Waals surface area (Å²) in [7, 11) is 0. The molecule has 1 aromatic rings. The number of carbonyl (C=O) groups excluding carboxylic acids is 1. The van der Waals surface area contributed by atoms with Crippen LogP contribution >= 0.6 is 0 Å². The Kier molecular flexibility index (Phi) is 4.00. The molecule has 1 amide bonds. The largest absolute Gasteiger partial charge is 0.390 e. The second-order valence-corrected chi connectivity index (χ2v) is 7.19. The van der Waals surface area contributed by atoms with Gasteiger partial charge in [0.25, 0.3) is 0 Å². The second-order valence-electron chi connectivity index (χ2n) is 7.19. The second kappa shape index (κ2) is 5.67. The number of piperidine rings is 1. The van der Waals surface area contributed by atoms with Crippen molar-refractivity contribution in [3.8, 4) is 0 Å². The fraction of sp³-hybridized carbons (Fsp3) is 0.611. The molecule has 2 aliphatic rings. The number of benzene rings is 1. The van der Waals surface area contributed by atoms with Crippen molar-refractivity contribution in [2.75, 3.05) is 13.1 Å². The Hall–Kier alpha value is -1.39. The molecule has 1 heterocycles. The van der Waals surface area contributed by atoms with Crippen molar-refractivity contribution in [2.24, 2.45) is 11.7 Å². The van der Waals surface area contributed by atoms with Crippen molar-refractivity contribution >= 4 is 5.91 Å². The lowest BCUT2D eigenvalue weighted by Gasteiger charge is -2.42. The van der Waals surface area contributed by atoms with E-state index >= 15 is 0 Å². The van der Waals surface area contributed by atoms with Crippen LogP contribution < -0.4 is 5.73 Å². The van der Waals surface area contributed by atoms with E-state index in [-0.39, 0.29) is 17.4 Å². The van der Waals surface area contributed by atoms with Crippen LogP contribution in [0.2, 0.25) is 0 Å². The summed E-state index contributed by atoms with van der Waals surface area (Å²) in [5, 5.41) is 10.7. The first-order chi connectivity index (χ1) is 10.5. The van der Waals surface area contributed by atoms with E-state index < -0.39 is 6.10 Å². The number of hydrogen-bond acceptors (Lipinski definition) is 3. The molecule has 120 valence electrons. The zero-order valence-electron chi connectivity index (χ0n) is 13.5. The normalized spacial score (nSPS) is 26.5. The van der Waals surface area contributed by atoms with Gasteiger partial charge < -0.3 is 15.7 Å². The third-order valence-electron chi connectivity index (χ3n) is 5.35. The van der Waals surface area contributed by atoms with Gasteiger partial charge >= 0.3 is 0 Å². The van der Waals surface area contributed by atoms with Crippen molar-refractivity contribution < 1.29 is 9.90 Å². The van der Waals surface area contributed by atoms with Crippen molar-refractivity contribution in [1.29, 1.82) is 0 Å². The summed E-state index contributed by atoms with van der Waals surface area (Å²) in [6.07, 6.45) is 1.64. The van der Waals surface area contributed by atoms with Crippen LogP contribution in [-0.2, 0) is 10.2 Å². The molecular weight excluding hydrogens is 276 g/mol. The fourth-order valence-electron chi connectivity index (χ4n) is 4.11. The quantitative estimate of drug-likeness (QED) is 0.877. The first-order valence-corrected chi connectivity index (χ1v) is 8.26. The van der Waals surface area contributed by atoms with Gasteiger partial charge in [-0.1, -0.05) is 38.1 Å². The molecule has 1 fully saturated rings. The number of nitrogens with zero attached hydrogens (tertiary/aromatic N) is 1. The van der Waals surface area contributed by atoms with E-state index in [1.54, 1.807) is 0 Å². The lowest BCUT2D eigenvalue weighted by Crippen LogP contribution is -2.50. The molecule has 0 aromatic heterocycles. The molecule has 1 aliphatic carbocycles. The Labute approximate surface area is 132 Å². The molecule has 0 saturated carbocycles. The topological polar surface area (TPSA) is 66.6 Å². The van der Waals surface area contributed by atoms with Gasteiger partial charge in [0.15, 0.2) is 0 Å². The zero-order chi connectivity index (χ0) is 15.9. The summed E-state index contributed by atoms with van der Waals surface area (Å²) in [5.41, 5.74) is 8.20. The Balaban J connectivity index is 1.79. The van der Waals surface area contributed by atoms with E-state index in [9.17, 15) is 9.90 Å². The van der Waals surface area contributed by atoms with E-state index in [0.717, 1.165) is 18.4 Å². The van der Waals surface area contributed by atoms with Gasteiger partial charge in [0, 0.05) is 24.9 Å². The number of rotatable bonds is 2. The maximum Gasteiger partial charge on any atom is 0.222 e. The Morgan fingerprint density at radius 3 is 2.64 bits per heavy atom. The molecule has 2 atom stereocenters. The number of amides is 1. The molecule has 22 heavy (non-hydrogen) atoms. The minimum absolute atomic E-state index is 0.231. The molecule has 3 N–H and O–H groups in total. The number of likely N-dealkylation sites (tertiary alicyclic amines) is 1. The first-order valence-electron chi connectivity index (χ1n) is 8.26. The van der Waals surface area contributed by atoms with Crippen molar-refractivity contribution in [3.63, 3.8) is 0 Å². The lowest BCUT2D eigenvalue weighted by atomic mass is 9.72. The Morgan fingerprint density at radius 2 is 2.00 bits per heavy atom. The van der Waals surface area contributed by atoms with Crippen LogP contribution in [0.15, 0.2) is 24.3 Å². The SMILES string of the molecule is CC(C)CC(=O)N1CCC2(CC1)c1ccccc1[C@@H](N)[C@@H]2O. The third kappa shape index (κ3) is 2.34. The Morgan fingerprint density at radius 1 is 1.36 bits per heavy atom. The molecule has 0 radical (unpaired) electrons. The van der Waals surface area contributed by atoms with Crippen molar-refractivity contribution in [2.45, 2.75) is 50.7 Å². The smallest absolute Gasteiger partial charge is 0.222 e. The molecule has 0 bridgehead atoms. The van der Waals surface area contributed by atoms with Crippen molar-refractivity contribution in [3.05, 3.63) is 35.4 Å². The molecule has 1 saturated heterocycles. The molecular formula is C18H26N2O2. The monoisotopic (exact) mass is 302 g/mol. The molecule has 1 spiro atoms. The predicted octanol–water partition coefficient (Wildman–Crippen LogP) is 1.97. The summed E-state index contributed by atoms with van der Waals surface area (Å²) in [4.78, 5) is 14.2. The molecule has 3 rings (SSSR count). The van der Waals surface area contributed by atoms with Gasteiger partial charge in [0.05, 0.1) is 12.1 Å². The average Bonchev–Trinajstić information content (AvgIpc) is 2.71. The van der Waals surface area contributed by atoms with Gasteiger partial charge in [0.1, 0.15) is 0 Å². The number of hydrogen-bond donors (Lipinski definition) is 2. The zero-order valence-corrected chi connectivity index (χ0v) is 13.5. The van der Waals surface area contributed by atoms with Gasteiger partial charge in [-0.05, 0) is 29.9 Å². The van der Waals surface area contributed by atoms with Gasteiger partial charge in [-0.2, -0.15) is 0 Å². The van der Waals surface area contributed by atoms with Crippen LogP contribution in [0.1, 0.15) is 50.3 Å². The van der Waals surface area contributed by atoms with E-state index in [2.05, 4.69) is 19.9 Å². The third-order valence-corrected chi connectivity index (χ3v) is 5.35. The predicted molar refractivity (Wildman–Crippen MR) is 86.3 cm³/mol. The minimum atomic E-state index is -0.549. The number of aliphatic hydroxyl groups excluding tert-OH is 1. The highest BCUT2D eigenvalue weighted by Gasteiger charge is 2.51. The summed E-state index contributed by atoms with van der Waals surface area (Å²) >= 11 is 0. The van der Waals surface area contributed by atoms with E-state index in [1.807, 2.05) is 23.1 Å². The number of aliphatic hydroxyl groups is 1. The van der Waals surface area contributed by atoms with Gasteiger partial charge in [-0.3, -0.25) is 4.79 Å². The summed E-state index contributed by atoms with van der Waals surface area (Å²) in [6, 6.07) is 7.80. The molecule has 4 heteroatoms. The molecule has 4 nitrogen and oxygen atoms in total. The minimum Gasteiger partial charge on any atom is -0.390 e. The highest BCUT2D eigenvalue weighted by atomic mass is 16.3. The Bertz CT molecular complexity index is 562. The molecule has 1 aliphatic heterocycles. The number of carbonyl (C=O) groups is 1. The number of fused-ring (bicyclic) bond motifs is 2. The highest BCUT2D eigenvalue weighted by Crippen LogP contribution is 2.50. The number of nitrogens with two attached hydrogens (primary N) is 1. The van der Waals surface area contributed by atoms with Crippen LogP contribution in [0.5, 0.6) is 0 Å².